The number of aromatic hydroxyl groups is 1. The zero-order valence-electron chi connectivity index (χ0n) is 16.0. The van der Waals surface area contributed by atoms with E-state index in [-0.39, 0.29) is 5.75 Å². The lowest BCUT2D eigenvalue weighted by Crippen LogP contribution is -2.06. The van der Waals surface area contributed by atoms with Crippen molar-refractivity contribution in [2.75, 3.05) is 5.32 Å². The second kappa shape index (κ2) is 8.10. The highest BCUT2D eigenvalue weighted by Crippen LogP contribution is 2.28. The van der Waals surface area contributed by atoms with Crippen LogP contribution in [0.25, 0.3) is 11.0 Å². The Morgan fingerprint density at radius 3 is 2.52 bits per heavy atom. The first kappa shape index (κ1) is 18.6. The lowest BCUT2D eigenvalue weighted by atomic mass is 10.1. The lowest BCUT2D eigenvalue weighted by molar-refractivity contribution is 0.306. The van der Waals surface area contributed by atoms with Crippen LogP contribution in [0.15, 0.2) is 82.0 Å². The number of anilines is 1. The number of fused-ring (bicyclic) bond motifs is 1. The molecule has 29 heavy (non-hydrogen) atoms. The second-order valence-corrected chi connectivity index (χ2v) is 6.83. The molecule has 0 amide bonds. The van der Waals surface area contributed by atoms with Gasteiger partial charge in [-0.1, -0.05) is 30.3 Å². The molecule has 0 aliphatic carbocycles. The summed E-state index contributed by atoms with van der Waals surface area (Å²) in [6.45, 7) is 2.70. The normalized spacial score (nSPS) is 10.8. The van der Waals surface area contributed by atoms with Crippen LogP contribution in [-0.2, 0) is 13.2 Å². The molecule has 3 aromatic carbocycles. The minimum atomic E-state index is -0.437. The predicted octanol–water partition coefficient (Wildman–Crippen LogP) is 5.00. The number of ether oxygens (including phenoxy) is 1. The maximum atomic E-state index is 11.9. The number of benzene rings is 3. The van der Waals surface area contributed by atoms with Gasteiger partial charge in [0.15, 0.2) is 0 Å². The minimum Gasteiger partial charge on any atom is -0.508 e. The van der Waals surface area contributed by atoms with Gasteiger partial charge in [-0.25, -0.2) is 4.79 Å². The van der Waals surface area contributed by atoms with Gasteiger partial charge in [0.25, 0.3) is 0 Å². The van der Waals surface area contributed by atoms with Gasteiger partial charge in [-0.2, -0.15) is 0 Å². The number of hydrogen-bond acceptors (Lipinski definition) is 5. The average molecular weight is 387 g/mol. The summed E-state index contributed by atoms with van der Waals surface area (Å²) in [5.74, 6) is 0.896. The van der Waals surface area contributed by atoms with Crippen LogP contribution in [0.4, 0.5) is 5.69 Å². The Morgan fingerprint density at radius 1 is 1.00 bits per heavy atom. The van der Waals surface area contributed by atoms with Crippen molar-refractivity contribution in [1.82, 2.24) is 0 Å². The van der Waals surface area contributed by atoms with E-state index in [4.69, 9.17) is 9.15 Å². The molecule has 0 atom stereocenters. The molecule has 0 unspecified atom stereocenters. The van der Waals surface area contributed by atoms with Gasteiger partial charge in [-0.3, -0.25) is 0 Å². The summed E-state index contributed by atoms with van der Waals surface area (Å²) in [5.41, 5.74) is 3.37. The Morgan fingerprint density at radius 2 is 1.76 bits per heavy atom. The molecular formula is C24H21NO4. The molecule has 0 saturated carbocycles. The van der Waals surface area contributed by atoms with E-state index in [2.05, 4.69) is 5.32 Å². The van der Waals surface area contributed by atoms with Gasteiger partial charge in [0, 0.05) is 29.2 Å². The highest BCUT2D eigenvalue weighted by Gasteiger charge is 2.10. The molecule has 0 aliphatic rings. The van der Waals surface area contributed by atoms with Gasteiger partial charge in [0.05, 0.1) is 0 Å². The summed E-state index contributed by atoms with van der Waals surface area (Å²) < 4.78 is 11.1. The summed E-state index contributed by atoms with van der Waals surface area (Å²) in [4.78, 5) is 11.9. The zero-order chi connectivity index (χ0) is 20.2. The third-order valence-electron chi connectivity index (χ3n) is 4.80. The second-order valence-electron chi connectivity index (χ2n) is 6.83. The first-order chi connectivity index (χ1) is 14.1. The number of phenols is 1. The Bertz CT molecular complexity index is 1180. The number of phenolic OH excluding ortho intramolecular Hbond substituents is 1. The first-order valence-electron chi connectivity index (χ1n) is 9.36. The fourth-order valence-corrected chi connectivity index (χ4v) is 3.17. The van der Waals surface area contributed by atoms with E-state index in [9.17, 15) is 9.90 Å². The third kappa shape index (κ3) is 4.24. The summed E-state index contributed by atoms with van der Waals surface area (Å²) in [6, 6.07) is 22.5. The fraction of sp³-hybridized carbons (Fsp3) is 0.125. The highest BCUT2D eigenvalue weighted by atomic mass is 16.5. The lowest BCUT2D eigenvalue weighted by Gasteiger charge is -2.11. The molecule has 5 heteroatoms. The van der Waals surface area contributed by atoms with Crippen LogP contribution >= 0.6 is 0 Å². The van der Waals surface area contributed by atoms with Crippen LogP contribution in [0.1, 0.15) is 16.7 Å². The molecule has 1 aromatic heterocycles. The quantitative estimate of drug-likeness (QED) is 0.456. The smallest absolute Gasteiger partial charge is 0.336 e. The van der Waals surface area contributed by atoms with Crippen LogP contribution < -0.4 is 15.7 Å². The average Bonchev–Trinajstić information content (AvgIpc) is 2.75. The molecular weight excluding hydrogens is 366 g/mol. The molecule has 0 spiro atoms. The van der Waals surface area contributed by atoms with Crippen molar-refractivity contribution in [3.63, 3.8) is 0 Å². The van der Waals surface area contributed by atoms with Crippen molar-refractivity contribution in [3.8, 4) is 11.5 Å². The minimum absolute atomic E-state index is 0.108. The van der Waals surface area contributed by atoms with Crippen molar-refractivity contribution in [2.24, 2.45) is 0 Å². The van der Waals surface area contributed by atoms with Crippen LogP contribution in [-0.4, -0.2) is 5.11 Å². The summed E-state index contributed by atoms with van der Waals surface area (Å²) in [5, 5.41) is 14.0. The largest absolute Gasteiger partial charge is 0.508 e. The molecule has 0 bridgehead atoms. The van der Waals surface area contributed by atoms with Gasteiger partial charge in [0.1, 0.15) is 23.7 Å². The molecule has 4 aromatic rings. The molecule has 0 radical (unpaired) electrons. The highest BCUT2D eigenvalue weighted by molar-refractivity contribution is 5.85. The van der Waals surface area contributed by atoms with Crippen LogP contribution in [0.3, 0.4) is 0 Å². The van der Waals surface area contributed by atoms with Crippen LogP contribution in [0, 0.1) is 6.92 Å². The van der Waals surface area contributed by atoms with E-state index in [0.29, 0.717) is 24.3 Å². The molecule has 2 N–H and O–H groups in total. The molecule has 0 aliphatic heterocycles. The van der Waals surface area contributed by atoms with Gasteiger partial charge < -0.3 is 19.6 Å². The van der Waals surface area contributed by atoms with Crippen molar-refractivity contribution >= 4 is 16.7 Å². The van der Waals surface area contributed by atoms with Crippen LogP contribution in [0.5, 0.6) is 11.5 Å². The van der Waals surface area contributed by atoms with E-state index in [1.165, 1.54) is 6.07 Å². The van der Waals surface area contributed by atoms with Gasteiger partial charge >= 0.3 is 5.63 Å². The molecule has 0 fully saturated rings. The van der Waals surface area contributed by atoms with E-state index in [1.807, 2.05) is 54.6 Å². The number of aryl methyl sites for hydroxylation is 1. The van der Waals surface area contributed by atoms with Gasteiger partial charge in [-0.15, -0.1) is 0 Å². The molecule has 5 nitrogen and oxygen atoms in total. The van der Waals surface area contributed by atoms with Gasteiger partial charge in [0.2, 0.25) is 0 Å². The van der Waals surface area contributed by atoms with Crippen LogP contribution in [0.2, 0.25) is 0 Å². The fourth-order valence-electron chi connectivity index (χ4n) is 3.17. The Labute approximate surface area is 168 Å². The standard InChI is InChI=1S/C24H21NO4/c1-16-22(26)12-11-21-18(13-23(27)29-24(16)21)14-25-19-7-9-20(10-8-19)28-15-17-5-3-2-4-6-17/h2-13,25-26H,14-15H2,1H3. The van der Waals surface area contributed by atoms with E-state index in [1.54, 1.807) is 19.1 Å². The molecule has 4 rings (SSSR count). The summed E-state index contributed by atoms with van der Waals surface area (Å²) in [7, 11) is 0. The Kier molecular flexibility index (Phi) is 5.20. The van der Waals surface area contributed by atoms with Crippen molar-refractivity contribution in [3.05, 3.63) is 99.9 Å². The number of rotatable bonds is 6. The summed E-state index contributed by atoms with van der Waals surface area (Å²) >= 11 is 0. The topological polar surface area (TPSA) is 71.7 Å². The maximum Gasteiger partial charge on any atom is 0.336 e. The Balaban J connectivity index is 1.45. The van der Waals surface area contributed by atoms with Crippen molar-refractivity contribution in [1.29, 1.82) is 0 Å². The number of hydrogen-bond donors (Lipinski definition) is 2. The zero-order valence-corrected chi connectivity index (χ0v) is 16.0. The van der Waals surface area contributed by atoms with E-state index in [0.717, 1.165) is 28.0 Å². The predicted molar refractivity (Wildman–Crippen MR) is 113 cm³/mol. The molecule has 146 valence electrons. The first-order valence-corrected chi connectivity index (χ1v) is 9.36. The Hall–Kier alpha value is -3.73. The number of nitrogens with one attached hydrogen (secondary N) is 1. The SMILES string of the molecule is Cc1c(O)ccc2c(CNc3ccc(OCc4ccccc4)cc3)cc(=O)oc12. The monoisotopic (exact) mass is 387 g/mol. The van der Waals surface area contributed by atoms with E-state index < -0.39 is 5.63 Å². The molecule has 0 saturated heterocycles. The van der Waals surface area contributed by atoms with Crippen molar-refractivity contribution in [2.45, 2.75) is 20.1 Å². The summed E-state index contributed by atoms with van der Waals surface area (Å²) in [6.07, 6.45) is 0. The van der Waals surface area contributed by atoms with Gasteiger partial charge in [-0.05, 0) is 54.4 Å². The third-order valence-corrected chi connectivity index (χ3v) is 4.80. The van der Waals surface area contributed by atoms with Crippen molar-refractivity contribution < 1.29 is 14.3 Å². The maximum absolute atomic E-state index is 11.9. The van der Waals surface area contributed by atoms with E-state index >= 15 is 0 Å². The molecule has 1 heterocycles.